The van der Waals surface area contributed by atoms with Gasteiger partial charge in [0.2, 0.25) is 10.0 Å². The number of halogens is 1. The Hall–Kier alpha value is -2.61. The van der Waals surface area contributed by atoms with Crippen molar-refractivity contribution in [3.05, 3.63) is 88.8 Å². The third kappa shape index (κ3) is 5.19. The van der Waals surface area contributed by atoms with E-state index in [9.17, 15) is 13.2 Å². The molecular weight excluding hydrogens is 388 g/mol. The number of carbonyl (C=O) groups excluding carboxylic acids is 1. The highest BCUT2D eigenvalue weighted by atomic mass is 35.5. The smallest absolute Gasteiger partial charge is 0.251 e. The molecule has 0 radical (unpaired) electrons. The molecule has 27 heavy (non-hydrogen) atoms. The van der Waals surface area contributed by atoms with E-state index < -0.39 is 10.0 Å². The van der Waals surface area contributed by atoms with Gasteiger partial charge < -0.3 is 9.73 Å². The molecule has 0 saturated heterocycles. The Morgan fingerprint density at radius 3 is 2.30 bits per heavy atom. The molecule has 0 aliphatic rings. The zero-order valence-corrected chi connectivity index (χ0v) is 15.8. The highest BCUT2D eigenvalue weighted by molar-refractivity contribution is 7.89. The maximum atomic E-state index is 12.3. The Balaban J connectivity index is 1.57. The standard InChI is InChI=1S/C19H17ClN2O4S/c20-16-7-9-18(10-8-16)27(24,25)22-12-14-3-5-15(6-4-14)19(23)21-13-17-2-1-11-26-17/h1-11,22H,12-13H2,(H,21,23). The second-order valence-corrected chi connectivity index (χ2v) is 7.94. The molecule has 0 saturated carbocycles. The minimum Gasteiger partial charge on any atom is -0.467 e. The second-order valence-electron chi connectivity index (χ2n) is 5.74. The van der Waals surface area contributed by atoms with Gasteiger partial charge in [-0.1, -0.05) is 23.7 Å². The lowest BCUT2D eigenvalue weighted by molar-refractivity contribution is 0.0948. The van der Waals surface area contributed by atoms with Crippen LogP contribution in [0, 0.1) is 0 Å². The summed E-state index contributed by atoms with van der Waals surface area (Å²) in [6.07, 6.45) is 1.54. The van der Waals surface area contributed by atoms with Crippen LogP contribution in [0.25, 0.3) is 0 Å². The number of hydrogen-bond acceptors (Lipinski definition) is 4. The Labute approximate surface area is 162 Å². The number of hydrogen-bond donors (Lipinski definition) is 2. The van der Waals surface area contributed by atoms with Crippen molar-refractivity contribution in [2.45, 2.75) is 18.0 Å². The van der Waals surface area contributed by atoms with Crippen LogP contribution < -0.4 is 10.0 Å². The first-order chi connectivity index (χ1) is 12.9. The van der Waals surface area contributed by atoms with Crippen molar-refractivity contribution in [1.82, 2.24) is 10.0 Å². The van der Waals surface area contributed by atoms with Gasteiger partial charge in [0.15, 0.2) is 0 Å². The molecule has 0 spiro atoms. The van der Waals surface area contributed by atoms with Crippen molar-refractivity contribution in [3.63, 3.8) is 0 Å². The zero-order chi connectivity index (χ0) is 19.3. The quantitative estimate of drug-likeness (QED) is 0.632. The number of furan rings is 1. The maximum Gasteiger partial charge on any atom is 0.251 e. The summed E-state index contributed by atoms with van der Waals surface area (Å²) in [6, 6.07) is 16.1. The predicted octanol–water partition coefficient (Wildman–Crippen LogP) is 3.34. The van der Waals surface area contributed by atoms with Crippen LogP contribution in [0.15, 0.2) is 76.2 Å². The number of rotatable bonds is 7. The molecule has 0 bridgehead atoms. The highest BCUT2D eigenvalue weighted by Gasteiger charge is 2.13. The molecular formula is C19H17ClN2O4S. The number of benzene rings is 2. The van der Waals surface area contributed by atoms with Crippen molar-refractivity contribution < 1.29 is 17.6 Å². The average molecular weight is 405 g/mol. The van der Waals surface area contributed by atoms with Crippen LogP contribution in [0.2, 0.25) is 5.02 Å². The van der Waals surface area contributed by atoms with Crippen LogP contribution in [0.4, 0.5) is 0 Å². The summed E-state index contributed by atoms with van der Waals surface area (Å²) in [7, 11) is -3.63. The molecule has 0 aliphatic carbocycles. The summed E-state index contributed by atoms with van der Waals surface area (Å²) < 4.78 is 32.2. The summed E-state index contributed by atoms with van der Waals surface area (Å²) in [5.74, 6) is 0.427. The third-order valence-corrected chi connectivity index (χ3v) is 5.48. The van der Waals surface area contributed by atoms with Crippen molar-refractivity contribution >= 4 is 27.5 Å². The Morgan fingerprint density at radius 2 is 1.67 bits per heavy atom. The Morgan fingerprint density at radius 1 is 0.963 bits per heavy atom. The molecule has 3 rings (SSSR count). The topological polar surface area (TPSA) is 88.4 Å². The summed E-state index contributed by atoms with van der Waals surface area (Å²) in [5, 5.41) is 3.22. The van der Waals surface area contributed by atoms with E-state index in [1.807, 2.05) is 0 Å². The molecule has 2 aromatic carbocycles. The van der Waals surface area contributed by atoms with Crippen molar-refractivity contribution in [1.29, 1.82) is 0 Å². The van der Waals surface area contributed by atoms with Crippen LogP contribution >= 0.6 is 11.6 Å². The van der Waals surface area contributed by atoms with Gasteiger partial charge in [-0.25, -0.2) is 13.1 Å². The molecule has 140 valence electrons. The van der Waals surface area contributed by atoms with Gasteiger partial charge in [-0.05, 0) is 54.1 Å². The molecule has 1 amide bonds. The van der Waals surface area contributed by atoms with Gasteiger partial charge in [-0.3, -0.25) is 4.79 Å². The van der Waals surface area contributed by atoms with Crippen molar-refractivity contribution in [2.24, 2.45) is 0 Å². The van der Waals surface area contributed by atoms with E-state index in [2.05, 4.69) is 10.0 Å². The molecule has 2 N–H and O–H groups in total. The summed E-state index contributed by atoms with van der Waals surface area (Å²) in [5.41, 5.74) is 1.21. The van der Waals surface area contributed by atoms with Crippen LogP contribution in [-0.4, -0.2) is 14.3 Å². The molecule has 1 heterocycles. The second kappa shape index (κ2) is 8.39. The van der Waals surface area contributed by atoms with Gasteiger partial charge >= 0.3 is 0 Å². The fraction of sp³-hybridized carbons (Fsp3) is 0.105. The maximum absolute atomic E-state index is 12.3. The van der Waals surface area contributed by atoms with Crippen molar-refractivity contribution in [2.75, 3.05) is 0 Å². The van der Waals surface area contributed by atoms with E-state index in [4.69, 9.17) is 16.0 Å². The Kier molecular flexibility index (Phi) is 5.95. The molecule has 0 aliphatic heterocycles. The molecule has 3 aromatic rings. The minimum absolute atomic E-state index is 0.110. The molecule has 0 unspecified atom stereocenters. The van der Waals surface area contributed by atoms with Gasteiger partial charge in [-0.15, -0.1) is 0 Å². The lowest BCUT2D eigenvalue weighted by Gasteiger charge is -2.08. The SMILES string of the molecule is O=C(NCc1ccco1)c1ccc(CNS(=O)(=O)c2ccc(Cl)cc2)cc1. The largest absolute Gasteiger partial charge is 0.467 e. The van der Waals surface area contributed by atoms with Crippen LogP contribution in [-0.2, 0) is 23.1 Å². The van der Waals surface area contributed by atoms with Gasteiger partial charge in [0, 0.05) is 17.1 Å². The average Bonchev–Trinajstić information content (AvgIpc) is 3.19. The number of sulfonamides is 1. The number of carbonyl (C=O) groups is 1. The molecule has 1 aromatic heterocycles. The molecule has 6 nitrogen and oxygen atoms in total. The monoisotopic (exact) mass is 404 g/mol. The Bertz CT molecular complexity index is 999. The first-order valence-electron chi connectivity index (χ1n) is 8.09. The molecule has 8 heteroatoms. The van der Waals surface area contributed by atoms with Gasteiger partial charge in [0.05, 0.1) is 17.7 Å². The van der Waals surface area contributed by atoms with Gasteiger partial charge in [0.25, 0.3) is 5.91 Å². The number of nitrogens with one attached hydrogen (secondary N) is 2. The summed E-state index contributed by atoms with van der Waals surface area (Å²) >= 11 is 5.77. The molecule has 0 fully saturated rings. The first-order valence-corrected chi connectivity index (χ1v) is 9.95. The fourth-order valence-corrected chi connectivity index (χ4v) is 3.48. The van der Waals surface area contributed by atoms with Crippen LogP contribution in [0.3, 0.4) is 0 Å². The lowest BCUT2D eigenvalue weighted by Crippen LogP contribution is -2.24. The van der Waals surface area contributed by atoms with Crippen LogP contribution in [0.5, 0.6) is 0 Å². The van der Waals surface area contributed by atoms with Crippen LogP contribution in [0.1, 0.15) is 21.7 Å². The van der Waals surface area contributed by atoms with E-state index >= 15 is 0 Å². The van der Waals surface area contributed by atoms with E-state index in [1.165, 1.54) is 24.3 Å². The third-order valence-electron chi connectivity index (χ3n) is 3.81. The minimum atomic E-state index is -3.63. The molecule has 0 atom stereocenters. The van der Waals surface area contributed by atoms with E-state index in [1.54, 1.807) is 42.7 Å². The van der Waals surface area contributed by atoms with Crippen molar-refractivity contribution in [3.8, 4) is 0 Å². The van der Waals surface area contributed by atoms with Gasteiger partial charge in [-0.2, -0.15) is 0 Å². The van der Waals surface area contributed by atoms with E-state index in [0.717, 1.165) is 5.56 Å². The summed E-state index contributed by atoms with van der Waals surface area (Å²) in [6.45, 7) is 0.410. The highest BCUT2D eigenvalue weighted by Crippen LogP contribution is 2.14. The number of amides is 1. The summed E-state index contributed by atoms with van der Waals surface area (Å²) in [4.78, 5) is 12.2. The lowest BCUT2D eigenvalue weighted by atomic mass is 10.1. The zero-order valence-electron chi connectivity index (χ0n) is 14.2. The van der Waals surface area contributed by atoms with E-state index in [-0.39, 0.29) is 17.3 Å². The fourth-order valence-electron chi connectivity index (χ4n) is 2.33. The van der Waals surface area contributed by atoms with E-state index in [0.29, 0.717) is 22.9 Å². The first kappa shape index (κ1) is 19.2. The normalized spacial score (nSPS) is 11.3. The predicted molar refractivity (Wildman–Crippen MR) is 102 cm³/mol. The van der Waals surface area contributed by atoms with Gasteiger partial charge in [0.1, 0.15) is 5.76 Å².